The quantitative estimate of drug-likeness (QED) is 0.829. The Morgan fingerprint density at radius 1 is 1.08 bits per heavy atom. The molecule has 5 heteroatoms. The molecule has 2 atom stereocenters. The molecule has 5 nitrogen and oxygen atoms in total. The summed E-state index contributed by atoms with van der Waals surface area (Å²) < 4.78 is 0. The molecule has 1 aromatic carbocycles. The van der Waals surface area contributed by atoms with Crippen molar-refractivity contribution in [3.05, 3.63) is 35.4 Å². The van der Waals surface area contributed by atoms with E-state index >= 15 is 0 Å². The lowest BCUT2D eigenvalue weighted by Gasteiger charge is -2.45. The number of fused-ring (bicyclic) bond motifs is 4. The summed E-state index contributed by atoms with van der Waals surface area (Å²) in [5, 5.41) is 3.57. The molecule has 0 saturated carbocycles. The Hall–Kier alpha value is -2.14. The SMILES string of the molecule is Nc1nc2c(c(N3CCC[C@@H]4CNCC[C@H]43)n1)CCCc1ccccc1-2. The minimum atomic E-state index is 0.409. The van der Waals surface area contributed by atoms with E-state index in [0.717, 1.165) is 56.3 Å². The molecule has 0 spiro atoms. The summed E-state index contributed by atoms with van der Waals surface area (Å²) in [5.41, 5.74) is 11.2. The third-order valence-electron chi connectivity index (χ3n) is 6.36. The van der Waals surface area contributed by atoms with Crippen LogP contribution in [0.4, 0.5) is 11.8 Å². The number of piperidine rings is 2. The van der Waals surface area contributed by atoms with Crippen LogP contribution >= 0.6 is 0 Å². The van der Waals surface area contributed by atoms with Crippen molar-refractivity contribution in [1.82, 2.24) is 15.3 Å². The maximum absolute atomic E-state index is 6.20. The summed E-state index contributed by atoms with van der Waals surface area (Å²) in [6.07, 6.45) is 7.03. The van der Waals surface area contributed by atoms with Crippen molar-refractivity contribution in [2.24, 2.45) is 5.92 Å². The van der Waals surface area contributed by atoms with Gasteiger partial charge < -0.3 is 16.0 Å². The van der Waals surface area contributed by atoms with Gasteiger partial charge in [0.1, 0.15) is 5.82 Å². The van der Waals surface area contributed by atoms with Gasteiger partial charge in [-0.2, -0.15) is 4.98 Å². The number of hydrogen-bond donors (Lipinski definition) is 2. The van der Waals surface area contributed by atoms with Crippen molar-refractivity contribution in [1.29, 1.82) is 0 Å². The standard InChI is InChI=1S/C21H27N5/c22-21-24-19-16-8-2-1-5-14(16)6-3-9-17(19)20(25-21)26-12-4-7-15-13-23-11-10-18(15)26/h1-2,5,8,15,18,23H,3-4,6-7,9-13H2,(H2,22,24,25)/t15-,18-/m1/s1. The highest BCUT2D eigenvalue weighted by Crippen LogP contribution is 2.39. The number of nitrogen functional groups attached to an aromatic ring is 1. The van der Waals surface area contributed by atoms with Crippen LogP contribution in [0.2, 0.25) is 0 Å². The van der Waals surface area contributed by atoms with Crippen molar-refractivity contribution < 1.29 is 0 Å². The van der Waals surface area contributed by atoms with E-state index in [2.05, 4.69) is 34.5 Å². The van der Waals surface area contributed by atoms with E-state index in [0.29, 0.717) is 12.0 Å². The Kier molecular flexibility index (Phi) is 4.04. The molecule has 3 N–H and O–H groups in total. The zero-order valence-corrected chi connectivity index (χ0v) is 15.2. The smallest absolute Gasteiger partial charge is 0.222 e. The second-order valence-corrected chi connectivity index (χ2v) is 7.90. The van der Waals surface area contributed by atoms with Gasteiger partial charge in [-0.15, -0.1) is 0 Å². The van der Waals surface area contributed by atoms with Gasteiger partial charge in [0.2, 0.25) is 5.95 Å². The molecule has 1 aromatic heterocycles. The molecule has 0 unspecified atom stereocenters. The molecular weight excluding hydrogens is 322 g/mol. The molecule has 0 radical (unpaired) electrons. The Bertz CT molecular complexity index is 816. The van der Waals surface area contributed by atoms with E-state index in [1.807, 2.05) is 0 Å². The summed E-state index contributed by atoms with van der Waals surface area (Å²) in [6, 6.07) is 9.24. The fourth-order valence-electron chi connectivity index (χ4n) is 5.17. The summed E-state index contributed by atoms with van der Waals surface area (Å²) in [5.74, 6) is 2.25. The molecule has 3 aliphatic rings. The fourth-order valence-corrected chi connectivity index (χ4v) is 5.17. The first-order valence-electron chi connectivity index (χ1n) is 10.0. The second-order valence-electron chi connectivity index (χ2n) is 7.90. The summed E-state index contributed by atoms with van der Waals surface area (Å²) in [7, 11) is 0. The monoisotopic (exact) mass is 349 g/mol. The number of hydrogen-bond acceptors (Lipinski definition) is 5. The number of aromatic nitrogens is 2. The fraction of sp³-hybridized carbons (Fsp3) is 0.524. The van der Waals surface area contributed by atoms with Crippen molar-refractivity contribution in [3.8, 4) is 11.3 Å². The van der Waals surface area contributed by atoms with E-state index in [9.17, 15) is 0 Å². The van der Waals surface area contributed by atoms with Gasteiger partial charge in [-0.25, -0.2) is 4.98 Å². The number of nitrogens with two attached hydrogens (primary N) is 1. The molecule has 26 heavy (non-hydrogen) atoms. The predicted octanol–water partition coefficient (Wildman–Crippen LogP) is 2.79. The van der Waals surface area contributed by atoms with E-state index in [1.165, 1.54) is 36.0 Å². The van der Waals surface area contributed by atoms with Crippen LogP contribution in [0.1, 0.15) is 36.8 Å². The van der Waals surface area contributed by atoms with E-state index in [-0.39, 0.29) is 0 Å². The maximum atomic E-state index is 6.20. The molecule has 0 bridgehead atoms. The van der Waals surface area contributed by atoms with E-state index in [4.69, 9.17) is 15.7 Å². The van der Waals surface area contributed by atoms with Gasteiger partial charge >= 0.3 is 0 Å². The van der Waals surface area contributed by atoms with Gasteiger partial charge in [-0.05, 0) is 63.1 Å². The first-order chi connectivity index (χ1) is 12.8. The van der Waals surface area contributed by atoms with Crippen molar-refractivity contribution in [2.45, 2.75) is 44.6 Å². The van der Waals surface area contributed by atoms with Crippen LogP contribution in [0, 0.1) is 5.92 Å². The third-order valence-corrected chi connectivity index (χ3v) is 6.36. The van der Waals surface area contributed by atoms with E-state index < -0.39 is 0 Å². The average Bonchev–Trinajstić information content (AvgIpc) is 2.86. The minimum Gasteiger partial charge on any atom is -0.368 e. The van der Waals surface area contributed by atoms with Gasteiger partial charge in [0.05, 0.1) is 5.69 Å². The molecule has 2 aliphatic heterocycles. The number of nitrogens with zero attached hydrogens (tertiary/aromatic N) is 3. The number of aryl methyl sites for hydroxylation is 1. The average molecular weight is 349 g/mol. The Balaban J connectivity index is 1.64. The summed E-state index contributed by atoms with van der Waals surface area (Å²) >= 11 is 0. The lowest BCUT2D eigenvalue weighted by molar-refractivity contribution is 0.258. The van der Waals surface area contributed by atoms with Crippen LogP contribution in [0.15, 0.2) is 24.3 Å². The lowest BCUT2D eigenvalue weighted by Crippen LogP contribution is -2.53. The van der Waals surface area contributed by atoms with Crippen LogP contribution in [0.3, 0.4) is 0 Å². The van der Waals surface area contributed by atoms with Crippen LogP contribution < -0.4 is 16.0 Å². The molecule has 5 rings (SSSR count). The van der Waals surface area contributed by atoms with Gasteiger partial charge in [0.15, 0.2) is 0 Å². The zero-order valence-electron chi connectivity index (χ0n) is 15.2. The number of benzene rings is 1. The molecule has 2 aromatic rings. The highest BCUT2D eigenvalue weighted by atomic mass is 15.3. The second kappa shape index (κ2) is 6.54. The highest BCUT2D eigenvalue weighted by Gasteiger charge is 2.36. The minimum absolute atomic E-state index is 0.409. The number of rotatable bonds is 1. The molecule has 3 heterocycles. The van der Waals surface area contributed by atoms with Crippen LogP contribution in [-0.4, -0.2) is 35.6 Å². The van der Waals surface area contributed by atoms with Gasteiger partial charge in [0.25, 0.3) is 0 Å². The van der Waals surface area contributed by atoms with Gasteiger partial charge in [0, 0.05) is 23.7 Å². The molecule has 0 amide bonds. The normalized spacial score (nSPS) is 25.0. The summed E-state index contributed by atoms with van der Waals surface area (Å²) in [6.45, 7) is 3.32. The predicted molar refractivity (Wildman–Crippen MR) is 105 cm³/mol. The van der Waals surface area contributed by atoms with Crippen molar-refractivity contribution in [3.63, 3.8) is 0 Å². The summed E-state index contributed by atoms with van der Waals surface area (Å²) in [4.78, 5) is 12.1. The Morgan fingerprint density at radius 3 is 2.96 bits per heavy atom. The lowest BCUT2D eigenvalue weighted by atomic mass is 9.84. The molecule has 2 fully saturated rings. The van der Waals surface area contributed by atoms with E-state index in [1.54, 1.807) is 0 Å². The van der Waals surface area contributed by atoms with Gasteiger partial charge in [-0.1, -0.05) is 24.3 Å². The first-order valence-corrected chi connectivity index (χ1v) is 10.0. The van der Waals surface area contributed by atoms with Crippen LogP contribution in [0.5, 0.6) is 0 Å². The number of nitrogens with one attached hydrogen (secondary N) is 1. The molecule has 1 aliphatic carbocycles. The van der Waals surface area contributed by atoms with Crippen LogP contribution in [0.25, 0.3) is 11.3 Å². The maximum Gasteiger partial charge on any atom is 0.222 e. The first kappa shape index (κ1) is 16.1. The Morgan fingerprint density at radius 2 is 2.00 bits per heavy atom. The zero-order chi connectivity index (χ0) is 17.5. The molecule has 136 valence electrons. The number of anilines is 2. The van der Waals surface area contributed by atoms with Crippen molar-refractivity contribution in [2.75, 3.05) is 30.3 Å². The van der Waals surface area contributed by atoms with Crippen molar-refractivity contribution >= 4 is 11.8 Å². The topological polar surface area (TPSA) is 67.1 Å². The van der Waals surface area contributed by atoms with Crippen LogP contribution in [-0.2, 0) is 12.8 Å². The van der Waals surface area contributed by atoms with Gasteiger partial charge in [-0.3, -0.25) is 0 Å². The molecule has 2 saturated heterocycles. The molecular formula is C21H27N5. The third kappa shape index (κ3) is 2.65. The highest BCUT2D eigenvalue weighted by molar-refractivity contribution is 5.74. The Labute approximate surface area is 155 Å². The largest absolute Gasteiger partial charge is 0.368 e.